The van der Waals surface area contributed by atoms with Crippen LogP contribution in [0.5, 0.6) is 0 Å². The molecule has 1 unspecified atom stereocenters. The van der Waals surface area contributed by atoms with Gasteiger partial charge in [-0.3, -0.25) is 0 Å². The minimum Gasteiger partial charge on any atom is -0.402 e. The van der Waals surface area contributed by atoms with E-state index in [1.165, 1.54) is 24.0 Å². The predicted molar refractivity (Wildman–Crippen MR) is 205 cm³/mol. The molecule has 1 N–H and O–H groups in total. The molecule has 1 aliphatic heterocycles. The molecule has 0 aromatic heterocycles. The zero-order chi connectivity index (χ0) is 31.9. The first kappa shape index (κ1) is 35.9. The molecule has 0 bridgehead atoms. The first-order chi connectivity index (χ1) is 19.1. The van der Waals surface area contributed by atoms with E-state index in [9.17, 15) is 0 Å². The molecule has 2 aromatic rings. The molecule has 2 aromatic carbocycles. The Hall–Kier alpha value is -0.556. The SMILES string of the molecule is CC[Si](CC)(CC)OC(c1cc([Si](C)(C)C)cc([Si](C)(C)C)c1)(c1cc([Si](C)(C)C)cc([Si](C)(C)C)c1)C1CCCN1. The van der Waals surface area contributed by atoms with E-state index in [1.807, 2.05) is 0 Å². The van der Waals surface area contributed by atoms with Crippen molar-refractivity contribution in [3.63, 3.8) is 0 Å². The fraction of sp³-hybridized carbons (Fsp3) is 0.657. The van der Waals surface area contributed by atoms with Crippen LogP contribution in [0.1, 0.15) is 44.7 Å². The largest absolute Gasteiger partial charge is 0.402 e. The van der Waals surface area contributed by atoms with Crippen LogP contribution in [0.3, 0.4) is 0 Å². The van der Waals surface area contributed by atoms with Gasteiger partial charge in [0.25, 0.3) is 0 Å². The summed E-state index contributed by atoms with van der Waals surface area (Å²) in [5.41, 5.74) is 2.42. The van der Waals surface area contributed by atoms with Gasteiger partial charge in [0.1, 0.15) is 5.60 Å². The zero-order valence-electron chi connectivity index (χ0n) is 30.2. The molecule has 0 radical (unpaired) electrons. The van der Waals surface area contributed by atoms with Crippen molar-refractivity contribution in [1.82, 2.24) is 5.32 Å². The fourth-order valence-electron chi connectivity index (χ4n) is 6.51. The van der Waals surface area contributed by atoms with Crippen LogP contribution in [-0.4, -0.2) is 53.2 Å². The van der Waals surface area contributed by atoms with Crippen molar-refractivity contribution in [2.45, 2.75) is 142 Å². The second kappa shape index (κ2) is 12.7. The predicted octanol–water partition coefficient (Wildman–Crippen LogP) is 7.88. The summed E-state index contributed by atoms with van der Waals surface area (Å²) in [5, 5.41) is 10.4. The van der Waals surface area contributed by atoms with Gasteiger partial charge in [-0.25, -0.2) is 0 Å². The van der Waals surface area contributed by atoms with Crippen molar-refractivity contribution >= 4 is 61.4 Å². The molecule has 42 heavy (non-hydrogen) atoms. The monoisotopic (exact) mass is 655 g/mol. The van der Waals surface area contributed by atoms with E-state index >= 15 is 0 Å². The quantitative estimate of drug-likeness (QED) is 0.235. The summed E-state index contributed by atoms with van der Waals surface area (Å²) in [6.45, 7) is 38.6. The lowest BCUT2D eigenvalue weighted by molar-refractivity contribution is 0.0594. The van der Waals surface area contributed by atoms with Crippen LogP contribution in [0.4, 0.5) is 0 Å². The Kier molecular flexibility index (Phi) is 10.8. The molecular weight excluding hydrogens is 591 g/mol. The highest BCUT2D eigenvalue weighted by molar-refractivity contribution is 6.92. The van der Waals surface area contributed by atoms with Gasteiger partial charge in [-0.1, -0.05) is 156 Å². The third-order valence-corrected chi connectivity index (χ3v) is 22.8. The molecule has 1 aliphatic rings. The first-order valence-electron chi connectivity index (χ1n) is 16.9. The molecule has 1 saturated heterocycles. The Labute approximate surface area is 266 Å². The molecule has 0 saturated carbocycles. The van der Waals surface area contributed by atoms with Gasteiger partial charge in [0.2, 0.25) is 0 Å². The van der Waals surface area contributed by atoms with Gasteiger partial charge in [-0.2, -0.15) is 0 Å². The molecule has 0 aliphatic carbocycles. The maximum absolute atomic E-state index is 8.14. The van der Waals surface area contributed by atoms with Gasteiger partial charge in [-0.15, -0.1) is 0 Å². The van der Waals surface area contributed by atoms with Crippen LogP contribution in [0.2, 0.25) is 96.7 Å². The van der Waals surface area contributed by atoms with Gasteiger partial charge in [0.15, 0.2) is 8.32 Å². The summed E-state index contributed by atoms with van der Waals surface area (Å²) >= 11 is 0. The molecule has 7 heteroatoms. The number of hydrogen-bond donors (Lipinski definition) is 1. The number of hydrogen-bond acceptors (Lipinski definition) is 2. The summed E-state index contributed by atoms with van der Waals surface area (Å²) in [7, 11) is -8.39. The fourth-order valence-corrected chi connectivity index (χ4v) is 14.5. The van der Waals surface area contributed by atoms with E-state index in [0.29, 0.717) is 0 Å². The molecule has 3 rings (SSSR count). The van der Waals surface area contributed by atoms with E-state index in [0.717, 1.165) is 24.7 Å². The minimum absolute atomic E-state index is 0.284. The van der Waals surface area contributed by atoms with Crippen molar-refractivity contribution in [3.05, 3.63) is 47.5 Å². The van der Waals surface area contributed by atoms with Gasteiger partial charge < -0.3 is 9.74 Å². The average Bonchev–Trinajstić information content (AvgIpc) is 3.43. The van der Waals surface area contributed by atoms with E-state index in [2.05, 4.69) is 141 Å². The second-order valence-corrected chi connectivity index (χ2v) is 42.3. The zero-order valence-corrected chi connectivity index (χ0v) is 35.2. The molecule has 236 valence electrons. The molecule has 1 heterocycles. The van der Waals surface area contributed by atoms with Crippen molar-refractivity contribution in [2.75, 3.05) is 6.54 Å². The van der Waals surface area contributed by atoms with E-state index in [1.54, 1.807) is 20.7 Å². The maximum atomic E-state index is 8.14. The van der Waals surface area contributed by atoms with Crippen molar-refractivity contribution in [3.8, 4) is 0 Å². The summed E-state index contributed by atoms with van der Waals surface area (Å²) in [4.78, 5) is 0. The number of nitrogens with one attached hydrogen (secondary N) is 1. The number of benzene rings is 2. The van der Waals surface area contributed by atoms with Gasteiger partial charge in [0, 0.05) is 6.04 Å². The smallest absolute Gasteiger partial charge is 0.193 e. The second-order valence-electron chi connectivity index (χ2n) is 17.3. The van der Waals surface area contributed by atoms with Gasteiger partial charge in [-0.05, 0) is 48.6 Å². The molecule has 0 amide bonds. The van der Waals surface area contributed by atoms with Gasteiger partial charge >= 0.3 is 0 Å². The third kappa shape index (κ3) is 7.62. The van der Waals surface area contributed by atoms with Crippen LogP contribution in [0, 0.1) is 0 Å². The van der Waals surface area contributed by atoms with Crippen LogP contribution in [-0.2, 0) is 10.0 Å². The van der Waals surface area contributed by atoms with E-state index in [4.69, 9.17) is 4.43 Å². The highest BCUT2D eigenvalue weighted by Crippen LogP contribution is 2.44. The standard InChI is InChI=1S/C35H65NOSi5/c1-16-42(17-2,18-3)37-35(34-20-19-21-36-34,28-22-30(38(4,5)6)26-31(23-28)39(7,8)9)29-24-32(40(10,11)12)27-33(25-29)41(13,14)15/h22-27,34,36H,16-21H2,1-15H3. The molecule has 0 spiro atoms. The highest BCUT2D eigenvalue weighted by Gasteiger charge is 2.50. The van der Waals surface area contributed by atoms with Gasteiger partial charge in [0.05, 0.1) is 32.3 Å². The van der Waals surface area contributed by atoms with Crippen molar-refractivity contribution in [1.29, 1.82) is 0 Å². The highest BCUT2D eigenvalue weighted by atomic mass is 28.4. The summed E-state index contributed by atoms with van der Waals surface area (Å²) in [5.74, 6) is 0. The molecule has 1 atom stereocenters. The lowest BCUT2D eigenvalue weighted by Crippen LogP contribution is -2.58. The normalized spacial score (nSPS) is 17.6. The summed E-state index contributed by atoms with van der Waals surface area (Å²) in [6, 6.07) is 19.5. The first-order valence-corrected chi connectivity index (χ1v) is 33.4. The number of rotatable bonds is 12. The lowest BCUT2D eigenvalue weighted by Gasteiger charge is -2.48. The van der Waals surface area contributed by atoms with E-state index in [-0.39, 0.29) is 6.04 Å². The Morgan fingerprint density at radius 3 is 1.17 bits per heavy atom. The average molecular weight is 656 g/mol. The van der Waals surface area contributed by atoms with Crippen LogP contribution in [0.25, 0.3) is 0 Å². The molecule has 2 nitrogen and oxygen atoms in total. The Balaban J connectivity index is 2.62. The Bertz CT molecular complexity index is 1070. The Morgan fingerprint density at radius 2 is 0.929 bits per heavy atom. The van der Waals surface area contributed by atoms with Crippen molar-refractivity contribution in [2.24, 2.45) is 0 Å². The van der Waals surface area contributed by atoms with Crippen LogP contribution in [0.15, 0.2) is 36.4 Å². The minimum atomic E-state index is -2.03. The Morgan fingerprint density at radius 1 is 0.595 bits per heavy atom. The topological polar surface area (TPSA) is 21.3 Å². The van der Waals surface area contributed by atoms with Crippen LogP contribution < -0.4 is 26.1 Å². The molecular formula is C35H65NOSi5. The third-order valence-electron chi connectivity index (χ3n) is 10.0. The maximum Gasteiger partial charge on any atom is 0.193 e. The summed E-state index contributed by atoms with van der Waals surface area (Å²) < 4.78 is 8.14. The molecule has 1 fully saturated rings. The summed E-state index contributed by atoms with van der Waals surface area (Å²) in [6.07, 6.45) is 2.39. The van der Waals surface area contributed by atoms with E-state index < -0.39 is 46.2 Å². The lowest BCUT2D eigenvalue weighted by atomic mass is 9.79. The van der Waals surface area contributed by atoms with Crippen LogP contribution >= 0.6 is 0 Å². The van der Waals surface area contributed by atoms with Crippen molar-refractivity contribution < 1.29 is 4.43 Å².